The molecule has 0 bridgehead atoms. The van der Waals surface area contributed by atoms with Gasteiger partial charge in [0.25, 0.3) is 0 Å². The van der Waals surface area contributed by atoms with Crippen LogP contribution in [0.3, 0.4) is 0 Å². The Bertz CT molecular complexity index is 99.4. The van der Waals surface area contributed by atoms with E-state index in [1.807, 2.05) is 0 Å². The van der Waals surface area contributed by atoms with Gasteiger partial charge in [0.2, 0.25) is 0 Å². The highest BCUT2D eigenvalue weighted by molar-refractivity contribution is 4.78. The Morgan fingerprint density at radius 2 is 2.10 bits per heavy atom. The fourth-order valence-corrected chi connectivity index (χ4v) is 1.46. The fourth-order valence-electron chi connectivity index (χ4n) is 1.46. The van der Waals surface area contributed by atoms with Crippen molar-refractivity contribution in [2.45, 2.75) is 32.9 Å². The van der Waals surface area contributed by atoms with E-state index in [1.54, 1.807) is 0 Å². The molecule has 0 aromatic carbocycles. The number of nitrogens with zero attached hydrogens (tertiary/aromatic N) is 1. The Hall–Kier alpha value is -0.0800. The van der Waals surface area contributed by atoms with Crippen LogP contribution >= 0.6 is 0 Å². The van der Waals surface area contributed by atoms with E-state index in [2.05, 4.69) is 25.7 Å². The monoisotopic (exact) mass is 143 g/mol. The van der Waals surface area contributed by atoms with Crippen molar-refractivity contribution in [3.63, 3.8) is 0 Å². The van der Waals surface area contributed by atoms with E-state index in [0.717, 1.165) is 19.8 Å². The summed E-state index contributed by atoms with van der Waals surface area (Å²) >= 11 is 0. The largest absolute Gasteiger partial charge is 0.378 e. The van der Waals surface area contributed by atoms with Crippen molar-refractivity contribution in [2.24, 2.45) is 0 Å². The third-order valence-corrected chi connectivity index (χ3v) is 2.12. The zero-order valence-corrected chi connectivity index (χ0v) is 7.13. The molecule has 1 heterocycles. The van der Waals surface area contributed by atoms with Crippen LogP contribution in [-0.4, -0.2) is 36.7 Å². The van der Waals surface area contributed by atoms with Crippen LogP contribution in [0.4, 0.5) is 0 Å². The van der Waals surface area contributed by atoms with E-state index in [-0.39, 0.29) is 0 Å². The molecule has 60 valence electrons. The van der Waals surface area contributed by atoms with E-state index in [0.29, 0.717) is 12.1 Å². The predicted octanol–water partition coefficient (Wildman–Crippen LogP) is 1.12. The summed E-state index contributed by atoms with van der Waals surface area (Å²) in [5.41, 5.74) is 0. The second-order valence-electron chi connectivity index (χ2n) is 3.12. The van der Waals surface area contributed by atoms with Gasteiger partial charge in [0.05, 0.1) is 19.3 Å². The minimum Gasteiger partial charge on any atom is -0.378 e. The van der Waals surface area contributed by atoms with Gasteiger partial charge in [-0.3, -0.25) is 4.90 Å². The summed E-state index contributed by atoms with van der Waals surface area (Å²) in [7, 11) is 0. The normalized spacial score (nSPS) is 20.1. The van der Waals surface area contributed by atoms with Crippen molar-refractivity contribution in [3.05, 3.63) is 0 Å². The summed E-state index contributed by atoms with van der Waals surface area (Å²) in [5, 5.41) is 0. The van der Waals surface area contributed by atoms with Gasteiger partial charge in [-0.1, -0.05) is 6.92 Å². The van der Waals surface area contributed by atoms with Crippen LogP contribution in [0.25, 0.3) is 0 Å². The first-order valence-electron chi connectivity index (χ1n) is 4.09. The van der Waals surface area contributed by atoms with Crippen molar-refractivity contribution in [1.82, 2.24) is 4.90 Å². The Morgan fingerprint density at radius 1 is 1.50 bits per heavy atom. The van der Waals surface area contributed by atoms with Crippen molar-refractivity contribution in [1.29, 1.82) is 0 Å². The highest BCUT2D eigenvalue weighted by Gasteiger charge is 2.25. The molecule has 0 N–H and O–H groups in total. The Labute approximate surface area is 63.2 Å². The van der Waals surface area contributed by atoms with Gasteiger partial charge in [0.15, 0.2) is 0 Å². The zero-order chi connectivity index (χ0) is 7.56. The van der Waals surface area contributed by atoms with Gasteiger partial charge < -0.3 is 4.74 Å². The number of hydrogen-bond donors (Lipinski definition) is 0. The molecule has 0 amide bonds. The smallest absolute Gasteiger partial charge is 0.0645 e. The average Bonchev–Trinajstić information content (AvgIpc) is 1.76. The van der Waals surface area contributed by atoms with Crippen LogP contribution in [0, 0.1) is 0 Å². The molecule has 1 rings (SSSR count). The third kappa shape index (κ3) is 1.50. The van der Waals surface area contributed by atoms with Gasteiger partial charge in [-0.2, -0.15) is 0 Å². The number of likely N-dealkylation sites (N-methyl/N-ethyl adjacent to an activating group) is 1. The lowest BCUT2D eigenvalue weighted by atomic mass is 10.2. The van der Waals surface area contributed by atoms with Crippen LogP contribution in [0.5, 0.6) is 0 Å². The summed E-state index contributed by atoms with van der Waals surface area (Å²) in [6, 6.07) is 1.36. The first-order chi connectivity index (χ1) is 4.75. The van der Waals surface area contributed by atoms with Crippen LogP contribution in [-0.2, 0) is 4.74 Å². The molecule has 0 aliphatic carbocycles. The van der Waals surface area contributed by atoms with Gasteiger partial charge in [-0.25, -0.2) is 0 Å². The number of hydrogen-bond acceptors (Lipinski definition) is 2. The van der Waals surface area contributed by atoms with E-state index in [4.69, 9.17) is 4.74 Å². The molecule has 1 aliphatic rings. The van der Waals surface area contributed by atoms with Crippen molar-refractivity contribution in [2.75, 3.05) is 19.8 Å². The lowest BCUT2D eigenvalue weighted by Gasteiger charge is -2.39. The van der Waals surface area contributed by atoms with Crippen molar-refractivity contribution in [3.8, 4) is 0 Å². The van der Waals surface area contributed by atoms with E-state index < -0.39 is 0 Å². The molecule has 1 saturated heterocycles. The summed E-state index contributed by atoms with van der Waals surface area (Å²) in [5.74, 6) is 0. The molecule has 10 heavy (non-hydrogen) atoms. The lowest BCUT2D eigenvalue weighted by molar-refractivity contribution is -0.0731. The minimum absolute atomic E-state index is 0.666. The molecule has 2 heteroatoms. The van der Waals surface area contributed by atoms with Crippen LogP contribution in [0.15, 0.2) is 0 Å². The standard InChI is InChI=1S/C8H17NO/c1-4-9(7(2)3)8-5-10-6-8/h7-8H,4-6H2,1-3H3. The van der Waals surface area contributed by atoms with Gasteiger partial charge >= 0.3 is 0 Å². The Morgan fingerprint density at radius 3 is 2.20 bits per heavy atom. The summed E-state index contributed by atoms with van der Waals surface area (Å²) in [4.78, 5) is 2.48. The quantitative estimate of drug-likeness (QED) is 0.587. The molecule has 1 fully saturated rings. The number of rotatable bonds is 3. The van der Waals surface area contributed by atoms with Crippen LogP contribution < -0.4 is 0 Å². The molecule has 0 saturated carbocycles. The fraction of sp³-hybridized carbons (Fsp3) is 1.00. The summed E-state index contributed by atoms with van der Waals surface area (Å²) in [6.07, 6.45) is 0. The second-order valence-corrected chi connectivity index (χ2v) is 3.12. The molecule has 0 aromatic heterocycles. The average molecular weight is 143 g/mol. The Kier molecular flexibility index (Phi) is 2.69. The molecule has 0 aromatic rings. The second kappa shape index (κ2) is 3.35. The lowest BCUT2D eigenvalue weighted by Crippen LogP contribution is -2.51. The summed E-state index contributed by atoms with van der Waals surface area (Å²) in [6.45, 7) is 9.70. The molecular formula is C8H17NO. The Balaban J connectivity index is 2.31. The molecule has 0 unspecified atom stereocenters. The van der Waals surface area contributed by atoms with Gasteiger partial charge in [0.1, 0.15) is 0 Å². The predicted molar refractivity (Wildman–Crippen MR) is 42.1 cm³/mol. The zero-order valence-electron chi connectivity index (χ0n) is 7.13. The summed E-state index contributed by atoms with van der Waals surface area (Å²) < 4.78 is 5.13. The van der Waals surface area contributed by atoms with Crippen molar-refractivity contribution < 1.29 is 4.74 Å². The maximum absolute atomic E-state index is 5.13. The van der Waals surface area contributed by atoms with E-state index >= 15 is 0 Å². The third-order valence-electron chi connectivity index (χ3n) is 2.12. The first kappa shape index (κ1) is 8.02. The topological polar surface area (TPSA) is 12.5 Å². The van der Waals surface area contributed by atoms with E-state index in [9.17, 15) is 0 Å². The molecule has 1 aliphatic heterocycles. The first-order valence-corrected chi connectivity index (χ1v) is 4.09. The van der Waals surface area contributed by atoms with Gasteiger partial charge in [-0.05, 0) is 20.4 Å². The molecule has 0 spiro atoms. The number of ether oxygens (including phenoxy) is 1. The highest BCUT2D eigenvalue weighted by atomic mass is 16.5. The van der Waals surface area contributed by atoms with E-state index in [1.165, 1.54) is 0 Å². The maximum Gasteiger partial charge on any atom is 0.0645 e. The maximum atomic E-state index is 5.13. The molecule has 0 radical (unpaired) electrons. The SMILES string of the molecule is CCN(C(C)C)C1COC1. The molecule has 0 atom stereocenters. The molecular weight excluding hydrogens is 126 g/mol. The van der Waals surface area contributed by atoms with Crippen LogP contribution in [0.1, 0.15) is 20.8 Å². The van der Waals surface area contributed by atoms with Gasteiger partial charge in [-0.15, -0.1) is 0 Å². The van der Waals surface area contributed by atoms with Crippen molar-refractivity contribution >= 4 is 0 Å². The highest BCUT2D eigenvalue weighted by Crippen LogP contribution is 2.12. The molecule has 2 nitrogen and oxygen atoms in total. The van der Waals surface area contributed by atoms with Gasteiger partial charge in [0, 0.05) is 6.04 Å². The minimum atomic E-state index is 0.666. The van der Waals surface area contributed by atoms with Crippen LogP contribution in [0.2, 0.25) is 0 Å².